The predicted molar refractivity (Wildman–Crippen MR) is 221 cm³/mol. The summed E-state index contributed by atoms with van der Waals surface area (Å²) in [4.78, 5) is 2.44. The average Bonchev–Trinajstić information content (AvgIpc) is 3.56. The van der Waals surface area contributed by atoms with Gasteiger partial charge in [0, 0.05) is 32.8 Å². The normalized spacial score (nSPS) is 11.5. The predicted octanol–water partition coefficient (Wildman–Crippen LogP) is 13.9. The highest BCUT2D eigenvalue weighted by atomic mass is 15.1. The number of aromatic nitrogens is 1. The molecule has 0 unspecified atom stereocenters. The van der Waals surface area contributed by atoms with E-state index in [1.807, 2.05) is 0 Å². The van der Waals surface area contributed by atoms with Crippen molar-refractivity contribution < 1.29 is 0 Å². The zero-order chi connectivity index (χ0) is 34.4. The Morgan fingerprint density at radius 3 is 1.69 bits per heavy atom. The van der Waals surface area contributed by atoms with Crippen LogP contribution in [0.2, 0.25) is 0 Å². The lowest BCUT2D eigenvalue weighted by Crippen LogP contribution is -2.11. The molecule has 0 aliphatic heterocycles. The van der Waals surface area contributed by atoms with Gasteiger partial charge < -0.3 is 9.47 Å². The highest BCUT2D eigenvalue weighted by molar-refractivity contribution is 6.18. The maximum atomic E-state index is 2.45. The van der Waals surface area contributed by atoms with Crippen molar-refractivity contribution in [2.45, 2.75) is 0 Å². The Morgan fingerprint density at radius 2 is 0.865 bits per heavy atom. The third-order valence-corrected chi connectivity index (χ3v) is 10.4. The third kappa shape index (κ3) is 4.88. The Hall–Kier alpha value is -6.90. The van der Waals surface area contributed by atoms with E-state index in [2.05, 4.69) is 216 Å². The standard InChI is InChI=1S/C50H34N2/c1-2-15-35(16-3-1)36-31-33-39(34-32-36)51(45-28-12-19-37-17-4-6-21-40(37)45)47-26-10-8-23-42(47)43-25-14-30-49-50(43)44-24-9-11-27-48(44)52(49)46-29-13-20-38-18-5-7-22-41(38)46/h1-34H. The van der Waals surface area contributed by atoms with Gasteiger partial charge in [-0.05, 0) is 69.9 Å². The second kappa shape index (κ2) is 12.5. The Labute approximate surface area is 303 Å². The van der Waals surface area contributed by atoms with Crippen molar-refractivity contribution >= 4 is 60.4 Å². The van der Waals surface area contributed by atoms with Crippen molar-refractivity contribution in [1.29, 1.82) is 0 Å². The van der Waals surface area contributed by atoms with Crippen LogP contribution in [0.5, 0.6) is 0 Å². The second-order valence-electron chi connectivity index (χ2n) is 13.3. The van der Waals surface area contributed by atoms with Gasteiger partial charge in [0.05, 0.1) is 28.1 Å². The molecule has 2 nitrogen and oxygen atoms in total. The van der Waals surface area contributed by atoms with Crippen molar-refractivity contribution in [1.82, 2.24) is 4.57 Å². The molecule has 0 fully saturated rings. The van der Waals surface area contributed by atoms with E-state index in [-0.39, 0.29) is 0 Å². The van der Waals surface area contributed by atoms with E-state index in [1.54, 1.807) is 0 Å². The maximum Gasteiger partial charge on any atom is 0.0547 e. The summed E-state index contributed by atoms with van der Waals surface area (Å²) in [5, 5.41) is 7.37. The van der Waals surface area contributed by atoms with E-state index in [1.165, 1.54) is 71.3 Å². The lowest BCUT2D eigenvalue weighted by atomic mass is 9.96. The maximum absolute atomic E-state index is 2.45. The Morgan fingerprint density at radius 1 is 0.327 bits per heavy atom. The zero-order valence-electron chi connectivity index (χ0n) is 28.5. The van der Waals surface area contributed by atoms with Gasteiger partial charge >= 0.3 is 0 Å². The number of para-hydroxylation sites is 2. The number of rotatable bonds is 6. The minimum atomic E-state index is 1.11. The van der Waals surface area contributed by atoms with Gasteiger partial charge in [-0.1, -0.05) is 164 Å². The van der Waals surface area contributed by atoms with Crippen molar-refractivity contribution in [2.75, 3.05) is 4.90 Å². The van der Waals surface area contributed by atoms with Gasteiger partial charge in [0.15, 0.2) is 0 Å². The quantitative estimate of drug-likeness (QED) is 0.172. The fourth-order valence-electron chi connectivity index (χ4n) is 8.05. The summed E-state index contributed by atoms with van der Waals surface area (Å²) in [6, 6.07) is 74.7. The van der Waals surface area contributed by atoms with E-state index in [4.69, 9.17) is 0 Å². The lowest BCUT2D eigenvalue weighted by Gasteiger charge is -2.29. The number of hydrogen-bond donors (Lipinski definition) is 0. The number of nitrogens with zero attached hydrogens (tertiary/aromatic N) is 2. The molecule has 0 bridgehead atoms. The van der Waals surface area contributed by atoms with Crippen LogP contribution in [0, 0.1) is 0 Å². The summed E-state index contributed by atoms with van der Waals surface area (Å²) in [6.07, 6.45) is 0. The van der Waals surface area contributed by atoms with Gasteiger partial charge in [0.1, 0.15) is 0 Å². The molecule has 0 aliphatic carbocycles. The monoisotopic (exact) mass is 662 g/mol. The molecule has 0 amide bonds. The van der Waals surface area contributed by atoms with Crippen molar-refractivity contribution in [2.24, 2.45) is 0 Å². The lowest BCUT2D eigenvalue weighted by molar-refractivity contribution is 1.20. The molecule has 0 atom stereocenters. The molecule has 10 aromatic rings. The average molecular weight is 663 g/mol. The van der Waals surface area contributed by atoms with Crippen LogP contribution in [-0.4, -0.2) is 4.57 Å². The molecule has 244 valence electrons. The molecule has 52 heavy (non-hydrogen) atoms. The first-order chi connectivity index (χ1) is 25.8. The van der Waals surface area contributed by atoms with Crippen molar-refractivity contribution in [3.05, 3.63) is 206 Å². The number of anilines is 3. The molecule has 1 aromatic heterocycles. The summed E-state index contributed by atoms with van der Waals surface area (Å²) in [7, 11) is 0. The largest absolute Gasteiger partial charge is 0.309 e. The number of fused-ring (bicyclic) bond motifs is 5. The molecule has 0 saturated carbocycles. The first kappa shape index (κ1) is 30.0. The minimum absolute atomic E-state index is 1.11. The summed E-state index contributed by atoms with van der Waals surface area (Å²) >= 11 is 0. The fraction of sp³-hybridized carbons (Fsp3) is 0. The van der Waals surface area contributed by atoms with Gasteiger partial charge in [-0.2, -0.15) is 0 Å². The van der Waals surface area contributed by atoms with Crippen LogP contribution < -0.4 is 4.90 Å². The van der Waals surface area contributed by atoms with Gasteiger partial charge in [-0.25, -0.2) is 0 Å². The van der Waals surface area contributed by atoms with E-state index >= 15 is 0 Å². The molecule has 0 aliphatic rings. The van der Waals surface area contributed by atoms with Gasteiger partial charge in [-0.3, -0.25) is 0 Å². The van der Waals surface area contributed by atoms with Crippen LogP contribution in [0.25, 0.3) is 71.3 Å². The van der Waals surface area contributed by atoms with Crippen LogP contribution in [0.3, 0.4) is 0 Å². The Kier molecular flexibility index (Phi) is 7.18. The summed E-state index contributed by atoms with van der Waals surface area (Å²) in [6.45, 7) is 0. The highest BCUT2D eigenvalue weighted by Gasteiger charge is 2.22. The van der Waals surface area contributed by atoms with E-state index in [0.717, 1.165) is 17.1 Å². The van der Waals surface area contributed by atoms with Crippen molar-refractivity contribution in [3.63, 3.8) is 0 Å². The molecule has 0 N–H and O–H groups in total. The minimum Gasteiger partial charge on any atom is -0.309 e. The summed E-state index contributed by atoms with van der Waals surface area (Å²) in [5.41, 5.74) is 11.7. The Bertz CT molecular complexity index is 2890. The van der Waals surface area contributed by atoms with Crippen LogP contribution in [0.15, 0.2) is 206 Å². The zero-order valence-corrected chi connectivity index (χ0v) is 28.5. The molecular formula is C50H34N2. The topological polar surface area (TPSA) is 8.17 Å². The van der Waals surface area contributed by atoms with Crippen LogP contribution in [0.1, 0.15) is 0 Å². The summed E-state index contributed by atoms with van der Waals surface area (Å²) < 4.78 is 2.45. The number of benzene rings is 9. The molecule has 0 spiro atoms. The van der Waals surface area contributed by atoms with Gasteiger partial charge in [0.25, 0.3) is 0 Å². The Balaban J connectivity index is 1.24. The smallest absolute Gasteiger partial charge is 0.0547 e. The molecule has 0 saturated heterocycles. The van der Waals surface area contributed by atoms with Crippen molar-refractivity contribution in [3.8, 4) is 27.9 Å². The van der Waals surface area contributed by atoms with E-state index < -0.39 is 0 Å². The second-order valence-corrected chi connectivity index (χ2v) is 13.3. The molecule has 2 heteroatoms. The SMILES string of the molecule is c1ccc(-c2ccc(N(c3ccccc3-c3cccc4c3c3ccccc3n4-c3cccc4ccccc34)c3cccc4ccccc34)cc2)cc1. The molecule has 0 radical (unpaired) electrons. The van der Waals surface area contributed by atoms with E-state index in [9.17, 15) is 0 Å². The van der Waals surface area contributed by atoms with Gasteiger partial charge in [0.2, 0.25) is 0 Å². The third-order valence-electron chi connectivity index (χ3n) is 10.4. The number of hydrogen-bond acceptors (Lipinski definition) is 1. The van der Waals surface area contributed by atoms with E-state index in [0.29, 0.717) is 0 Å². The molecule has 9 aromatic carbocycles. The van der Waals surface area contributed by atoms with Gasteiger partial charge in [-0.15, -0.1) is 0 Å². The molecule has 1 heterocycles. The first-order valence-electron chi connectivity index (χ1n) is 17.9. The fourth-order valence-corrected chi connectivity index (χ4v) is 8.05. The molecule has 10 rings (SSSR count). The first-order valence-corrected chi connectivity index (χ1v) is 17.9. The van der Waals surface area contributed by atoms with Crippen LogP contribution >= 0.6 is 0 Å². The highest BCUT2D eigenvalue weighted by Crippen LogP contribution is 2.47. The van der Waals surface area contributed by atoms with Crippen LogP contribution in [0.4, 0.5) is 17.1 Å². The summed E-state index contributed by atoms with van der Waals surface area (Å²) in [5.74, 6) is 0. The van der Waals surface area contributed by atoms with Crippen LogP contribution in [-0.2, 0) is 0 Å². The molecular weight excluding hydrogens is 629 g/mol.